The topological polar surface area (TPSA) is 130 Å². The molecular weight excluding hydrogens is 596 g/mol. The van der Waals surface area contributed by atoms with Gasteiger partial charge in [0.15, 0.2) is 16.5 Å². The first-order valence-electron chi connectivity index (χ1n) is 11.1. The highest BCUT2D eigenvalue weighted by molar-refractivity contribution is 8.21. The van der Waals surface area contributed by atoms with Crippen LogP contribution in [0.15, 0.2) is 64.4 Å². The Hall–Kier alpha value is -2.36. The molecule has 0 saturated carbocycles. The molecule has 0 aliphatic heterocycles. The van der Waals surface area contributed by atoms with Gasteiger partial charge in [-0.1, -0.05) is 46.7 Å². The van der Waals surface area contributed by atoms with Gasteiger partial charge in [-0.15, -0.1) is 0 Å². The summed E-state index contributed by atoms with van der Waals surface area (Å²) in [5, 5.41) is 10.6. The maximum atomic E-state index is 13.6. The van der Waals surface area contributed by atoms with Gasteiger partial charge < -0.3 is 17.9 Å². The van der Waals surface area contributed by atoms with E-state index in [0.717, 1.165) is 23.5 Å². The highest BCUT2D eigenvalue weighted by Gasteiger charge is 2.34. The molecule has 38 heavy (non-hydrogen) atoms. The van der Waals surface area contributed by atoms with Crippen LogP contribution in [0.1, 0.15) is 13.8 Å². The number of rotatable bonds is 11. The van der Waals surface area contributed by atoms with Crippen molar-refractivity contribution in [1.82, 2.24) is 9.13 Å². The van der Waals surface area contributed by atoms with Gasteiger partial charge in [-0.05, 0) is 38.1 Å². The third-order valence-corrected chi connectivity index (χ3v) is 10.3. The van der Waals surface area contributed by atoms with Crippen molar-refractivity contribution in [3.05, 3.63) is 77.1 Å². The summed E-state index contributed by atoms with van der Waals surface area (Å²) < 4.78 is 37.9. The second kappa shape index (κ2) is 12.2. The van der Waals surface area contributed by atoms with E-state index >= 15 is 0 Å². The second-order valence-corrected chi connectivity index (χ2v) is 12.4. The fourth-order valence-electron chi connectivity index (χ4n) is 3.47. The molecule has 10 nitrogen and oxygen atoms in total. The molecule has 0 radical (unpaired) electrons. The number of nitriles is 1. The van der Waals surface area contributed by atoms with Crippen LogP contribution in [-0.2, 0) is 25.4 Å². The Morgan fingerprint density at radius 3 is 1.76 bits per heavy atom. The fraction of sp³-hybridized carbons (Fsp3) is 0.261. The molecule has 0 aliphatic rings. The van der Waals surface area contributed by atoms with E-state index in [0.29, 0.717) is 32.2 Å². The lowest BCUT2D eigenvalue weighted by Crippen LogP contribution is -2.14. The van der Waals surface area contributed by atoms with Gasteiger partial charge in [-0.3, -0.25) is 13.7 Å². The van der Waals surface area contributed by atoms with Crippen LogP contribution < -0.4 is 11.5 Å². The molecule has 4 rings (SSSR count). The van der Waals surface area contributed by atoms with Crippen molar-refractivity contribution in [3.63, 3.8) is 0 Å². The van der Waals surface area contributed by atoms with Crippen LogP contribution in [0.25, 0.3) is 22.2 Å². The number of fused-ring (bicyclic) bond motifs is 2. The zero-order valence-corrected chi connectivity index (χ0v) is 24.1. The molecule has 4 aromatic rings. The number of allylic oxidation sites excluding steroid dienone is 1. The lowest BCUT2D eigenvalue weighted by Gasteiger charge is -2.19. The molecule has 2 heterocycles. The predicted molar refractivity (Wildman–Crippen MR) is 150 cm³/mol. The first kappa shape index (κ1) is 28.6. The van der Waals surface area contributed by atoms with E-state index in [9.17, 15) is 19.4 Å². The van der Waals surface area contributed by atoms with Crippen molar-refractivity contribution in [3.8, 4) is 6.07 Å². The number of thioether (sulfide) groups is 2. The van der Waals surface area contributed by atoms with E-state index < -0.39 is 19.1 Å². The fourth-order valence-corrected chi connectivity index (χ4v) is 8.21. The van der Waals surface area contributed by atoms with E-state index in [2.05, 4.69) is 0 Å². The molecule has 0 unspecified atom stereocenters. The normalized spacial score (nSPS) is 11.8. The Labute approximate surface area is 234 Å². The Morgan fingerprint density at radius 1 is 0.921 bits per heavy atom. The molecule has 0 amide bonds. The molecule has 2 aromatic carbocycles. The van der Waals surface area contributed by atoms with E-state index in [1.54, 1.807) is 38.1 Å². The molecule has 0 atom stereocenters. The van der Waals surface area contributed by atoms with Crippen molar-refractivity contribution in [2.24, 2.45) is 0 Å². The summed E-state index contributed by atoms with van der Waals surface area (Å²) in [7, 11) is -4.01. The molecule has 0 N–H and O–H groups in total. The number of hydrogen-bond acceptors (Lipinski definition) is 10. The van der Waals surface area contributed by atoms with E-state index in [1.807, 2.05) is 6.07 Å². The largest absolute Gasteiger partial charge is 0.420 e. The monoisotopic (exact) mass is 615 g/mol. The summed E-state index contributed by atoms with van der Waals surface area (Å²) in [4.78, 5) is 25.1. The molecular formula is C23H20Cl2N3O7PS2. The van der Waals surface area contributed by atoms with E-state index in [-0.39, 0.29) is 34.5 Å². The van der Waals surface area contributed by atoms with Gasteiger partial charge in [0.2, 0.25) is 0 Å². The summed E-state index contributed by atoms with van der Waals surface area (Å²) in [5.41, 5.74) is 1.57. The smallest absolute Gasteiger partial charge is 0.408 e. The maximum absolute atomic E-state index is 13.6. The molecule has 200 valence electrons. The van der Waals surface area contributed by atoms with Gasteiger partial charge >= 0.3 is 19.1 Å². The summed E-state index contributed by atoms with van der Waals surface area (Å²) in [6, 6.07) is 11.5. The lowest BCUT2D eigenvalue weighted by molar-refractivity contribution is 0.227. The highest BCUT2D eigenvalue weighted by atomic mass is 35.5. The van der Waals surface area contributed by atoms with Gasteiger partial charge in [-0.2, -0.15) is 5.26 Å². The first-order chi connectivity index (χ1) is 18.2. The molecule has 0 aliphatic carbocycles. The third-order valence-electron chi connectivity index (χ3n) is 5.08. The Bertz CT molecular complexity index is 1620. The summed E-state index contributed by atoms with van der Waals surface area (Å²) in [5.74, 6) is -1.28. The first-order valence-corrected chi connectivity index (χ1v) is 15.3. The summed E-state index contributed by atoms with van der Waals surface area (Å²) >= 11 is 14.1. The lowest BCUT2D eigenvalue weighted by atomic mass is 10.3. The molecule has 0 saturated heterocycles. The predicted octanol–water partition coefficient (Wildman–Crippen LogP) is 6.85. The number of benzene rings is 2. The second-order valence-electron chi connectivity index (χ2n) is 7.44. The SMILES string of the molecule is CCOP(=O)(OCC)C(C#N)=C(SCn1c(=O)oc2cc(Cl)ccc21)SCn1c(=O)oc2cc(Cl)ccc21. The summed E-state index contributed by atoms with van der Waals surface area (Å²) in [6.07, 6.45) is 0. The minimum absolute atomic E-state index is 0.00410. The van der Waals surface area contributed by atoms with Crippen molar-refractivity contribution < 1.29 is 22.4 Å². The van der Waals surface area contributed by atoms with Gasteiger partial charge in [0.05, 0.1) is 40.2 Å². The van der Waals surface area contributed by atoms with E-state index in [1.165, 1.54) is 21.3 Å². The average molecular weight is 616 g/mol. The average Bonchev–Trinajstić information content (AvgIpc) is 3.34. The van der Waals surface area contributed by atoms with Gasteiger partial charge in [-0.25, -0.2) is 9.59 Å². The Balaban J connectivity index is 1.74. The van der Waals surface area contributed by atoms with Crippen LogP contribution in [-0.4, -0.2) is 22.3 Å². The van der Waals surface area contributed by atoms with Gasteiger partial charge in [0, 0.05) is 22.2 Å². The quantitative estimate of drug-likeness (QED) is 0.130. The molecule has 0 fully saturated rings. The molecule has 0 spiro atoms. The Morgan fingerprint density at radius 2 is 1.37 bits per heavy atom. The molecule has 15 heteroatoms. The van der Waals surface area contributed by atoms with Crippen molar-refractivity contribution in [1.29, 1.82) is 5.26 Å². The van der Waals surface area contributed by atoms with Crippen LogP contribution in [0.5, 0.6) is 0 Å². The third kappa shape index (κ3) is 5.95. The van der Waals surface area contributed by atoms with Crippen LogP contribution in [0.2, 0.25) is 10.0 Å². The van der Waals surface area contributed by atoms with Gasteiger partial charge in [0.25, 0.3) is 0 Å². The van der Waals surface area contributed by atoms with Gasteiger partial charge in [0.1, 0.15) is 6.07 Å². The van der Waals surface area contributed by atoms with Crippen LogP contribution in [0, 0.1) is 11.3 Å². The number of oxazole rings is 2. The molecule has 2 aromatic heterocycles. The highest BCUT2D eigenvalue weighted by Crippen LogP contribution is 2.59. The number of aromatic nitrogens is 2. The van der Waals surface area contributed by atoms with E-state index in [4.69, 9.17) is 41.1 Å². The van der Waals surface area contributed by atoms with Crippen LogP contribution in [0.3, 0.4) is 0 Å². The van der Waals surface area contributed by atoms with Crippen molar-refractivity contribution in [2.75, 3.05) is 13.2 Å². The number of halogens is 2. The zero-order chi connectivity index (χ0) is 27.4. The zero-order valence-electron chi connectivity index (χ0n) is 20.0. The van der Waals surface area contributed by atoms with Crippen molar-refractivity contribution >= 4 is 76.5 Å². The van der Waals surface area contributed by atoms with Crippen molar-refractivity contribution in [2.45, 2.75) is 25.6 Å². The minimum Gasteiger partial charge on any atom is -0.408 e. The number of hydrogen-bond donors (Lipinski definition) is 0. The maximum Gasteiger partial charge on any atom is 0.420 e. The van der Waals surface area contributed by atoms with Crippen LogP contribution in [0.4, 0.5) is 0 Å². The molecule has 0 bridgehead atoms. The Kier molecular flexibility index (Phi) is 9.21. The minimum atomic E-state index is -4.01. The van der Waals surface area contributed by atoms with Crippen LogP contribution >= 0.6 is 54.3 Å². The standard InChI is InChI=1S/C23H20Cl2N3O7PS2/c1-3-32-36(31,33-4-2)20(11-26)21(37-12-27-16-7-5-14(24)9-18(16)34-22(27)29)38-13-28-17-8-6-15(25)10-19(17)35-23(28)30/h5-10H,3-4,12-13H2,1-2H3. The summed E-state index contributed by atoms with van der Waals surface area (Å²) in [6.45, 7) is 3.32. The number of nitrogens with zero attached hydrogens (tertiary/aromatic N) is 3.